The molecule has 8 nitrogen and oxygen atoms in total. The molecule has 2 aromatic carbocycles. The Hall–Kier alpha value is -3.01. The number of pyridine rings is 1. The predicted octanol–water partition coefficient (Wildman–Crippen LogP) is 2.52. The monoisotopic (exact) mass is 429 g/mol. The quantitative estimate of drug-likeness (QED) is 0.561. The van der Waals surface area contributed by atoms with Gasteiger partial charge >= 0.3 is 0 Å². The number of hydrogen-bond acceptors (Lipinski definition) is 6. The van der Waals surface area contributed by atoms with Gasteiger partial charge in [0.2, 0.25) is 15.9 Å². The van der Waals surface area contributed by atoms with Crippen LogP contribution in [0.2, 0.25) is 0 Å². The van der Waals surface area contributed by atoms with Gasteiger partial charge in [-0.05, 0) is 36.4 Å². The van der Waals surface area contributed by atoms with Crippen molar-refractivity contribution in [2.75, 3.05) is 39.2 Å². The molecule has 1 N–H and O–H groups in total. The van der Waals surface area contributed by atoms with E-state index in [1.165, 1.54) is 19.4 Å². The maximum atomic E-state index is 13.4. The van der Waals surface area contributed by atoms with Crippen molar-refractivity contribution in [2.24, 2.45) is 0 Å². The molecule has 0 unspecified atom stereocenters. The van der Waals surface area contributed by atoms with Gasteiger partial charge in [0.05, 0.1) is 25.2 Å². The van der Waals surface area contributed by atoms with Gasteiger partial charge in [0.1, 0.15) is 5.75 Å². The van der Waals surface area contributed by atoms with Crippen LogP contribution >= 0.6 is 0 Å². The highest BCUT2D eigenvalue weighted by Gasteiger charge is 2.28. The molecule has 0 fully saturated rings. The van der Waals surface area contributed by atoms with Crippen LogP contribution in [0.3, 0.4) is 0 Å². The summed E-state index contributed by atoms with van der Waals surface area (Å²) < 4.78 is 38.0. The molecule has 3 aromatic rings. The van der Waals surface area contributed by atoms with E-state index in [-0.39, 0.29) is 24.6 Å². The minimum atomic E-state index is -3.95. The second kappa shape index (κ2) is 9.66. The van der Waals surface area contributed by atoms with Crippen LogP contribution < -0.4 is 10.1 Å². The zero-order valence-corrected chi connectivity index (χ0v) is 17.6. The summed E-state index contributed by atoms with van der Waals surface area (Å²) in [7, 11) is -0.924. The highest BCUT2D eigenvalue weighted by atomic mass is 32.2. The van der Waals surface area contributed by atoms with E-state index >= 15 is 0 Å². The van der Waals surface area contributed by atoms with E-state index in [4.69, 9.17) is 9.47 Å². The second-order valence-corrected chi connectivity index (χ2v) is 8.37. The Balaban J connectivity index is 1.85. The fourth-order valence-electron chi connectivity index (χ4n) is 2.97. The van der Waals surface area contributed by atoms with Crippen molar-refractivity contribution in [3.63, 3.8) is 0 Å². The molecule has 3 rings (SSSR count). The van der Waals surface area contributed by atoms with E-state index in [1.54, 1.807) is 55.8 Å². The highest BCUT2D eigenvalue weighted by Crippen LogP contribution is 2.25. The average molecular weight is 429 g/mol. The molecule has 0 saturated heterocycles. The summed E-state index contributed by atoms with van der Waals surface area (Å²) in [5.41, 5.74) is 0.543. The molecule has 0 radical (unpaired) electrons. The predicted molar refractivity (Wildman–Crippen MR) is 114 cm³/mol. The zero-order valence-electron chi connectivity index (χ0n) is 16.7. The van der Waals surface area contributed by atoms with Crippen molar-refractivity contribution >= 4 is 32.4 Å². The fourth-order valence-corrected chi connectivity index (χ4v) is 4.56. The molecule has 1 heterocycles. The highest BCUT2D eigenvalue weighted by molar-refractivity contribution is 7.89. The number of anilines is 1. The third-order valence-corrected chi connectivity index (χ3v) is 6.40. The number of methoxy groups -OCH3 is 2. The molecule has 1 amide bonds. The minimum Gasteiger partial charge on any atom is -0.497 e. The Bertz CT molecular complexity index is 1110. The third kappa shape index (κ3) is 4.93. The summed E-state index contributed by atoms with van der Waals surface area (Å²) in [5, 5.41) is 3.96. The summed E-state index contributed by atoms with van der Waals surface area (Å²) >= 11 is 0. The summed E-state index contributed by atoms with van der Waals surface area (Å²) in [5.74, 6) is 0.199. The summed E-state index contributed by atoms with van der Waals surface area (Å²) in [4.78, 5) is 16.7. The molecule has 0 saturated carbocycles. The van der Waals surface area contributed by atoms with Crippen molar-refractivity contribution in [2.45, 2.75) is 4.90 Å². The van der Waals surface area contributed by atoms with Crippen LogP contribution in [0.4, 0.5) is 5.69 Å². The molecule has 0 atom stereocenters. The van der Waals surface area contributed by atoms with Crippen LogP contribution in [-0.4, -0.2) is 57.5 Å². The van der Waals surface area contributed by atoms with E-state index in [9.17, 15) is 13.2 Å². The molecule has 0 spiro atoms. The number of fused-ring (bicyclic) bond motifs is 1. The topological polar surface area (TPSA) is 97.8 Å². The molecular formula is C21H23N3O5S. The molecule has 30 heavy (non-hydrogen) atoms. The lowest BCUT2D eigenvalue weighted by Crippen LogP contribution is -2.40. The van der Waals surface area contributed by atoms with Crippen LogP contribution in [0.1, 0.15) is 0 Å². The number of nitrogens with zero attached hydrogens (tertiary/aromatic N) is 2. The Morgan fingerprint density at radius 2 is 1.87 bits per heavy atom. The number of carbonyl (C=O) groups is 1. The van der Waals surface area contributed by atoms with E-state index in [2.05, 4.69) is 10.3 Å². The molecule has 1 aromatic heterocycles. The third-order valence-electron chi connectivity index (χ3n) is 4.50. The number of sulfonamides is 1. The Morgan fingerprint density at radius 1 is 1.10 bits per heavy atom. The van der Waals surface area contributed by atoms with Crippen molar-refractivity contribution in [3.05, 3.63) is 60.9 Å². The van der Waals surface area contributed by atoms with Gasteiger partial charge in [0.15, 0.2) is 0 Å². The number of carbonyl (C=O) groups excluding carboxylic acids is 1. The number of nitrogens with one attached hydrogen (secondary N) is 1. The van der Waals surface area contributed by atoms with Gasteiger partial charge in [-0.15, -0.1) is 0 Å². The molecule has 0 aliphatic heterocycles. The lowest BCUT2D eigenvalue weighted by molar-refractivity contribution is -0.116. The number of hydrogen-bond donors (Lipinski definition) is 1. The van der Waals surface area contributed by atoms with Gasteiger partial charge in [-0.25, -0.2) is 8.42 Å². The maximum absolute atomic E-state index is 13.4. The summed E-state index contributed by atoms with van der Waals surface area (Å²) in [6.07, 6.45) is 3.14. The van der Waals surface area contributed by atoms with Crippen LogP contribution in [0.5, 0.6) is 5.75 Å². The normalized spacial score (nSPS) is 11.6. The first-order valence-corrected chi connectivity index (χ1v) is 10.7. The number of benzene rings is 2. The standard InChI is InChI=1S/C21H23N3O5S/c1-28-13-12-24(15-21(25)23-17-6-8-18(29-2)9-7-17)30(26,27)20-5-3-4-16-14-22-11-10-19(16)20/h3-11,14H,12-13,15H2,1-2H3,(H,23,25). The largest absolute Gasteiger partial charge is 0.497 e. The maximum Gasteiger partial charge on any atom is 0.244 e. The van der Waals surface area contributed by atoms with Gasteiger partial charge in [0, 0.05) is 42.5 Å². The van der Waals surface area contributed by atoms with Gasteiger partial charge in [-0.1, -0.05) is 12.1 Å². The zero-order chi connectivity index (χ0) is 21.6. The average Bonchev–Trinajstić information content (AvgIpc) is 2.76. The molecule has 0 aliphatic rings. The van der Waals surface area contributed by atoms with Gasteiger partial charge in [-0.3, -0.25) is 9.78 Å². The Morgan fingerprint density at radius 3 is 2.57 bits per heavy atom. The van der Waals surface area contributed by atoms with Crippen molar-refractivity contribution in [1.29, 1.82) is 0 Å². The molecule has 0 aliphatic carbocycles. The first-order valence-electron chi connectivity index (χ1n) is 9.21. The summed E-state index contributed by atoms with van der Waals surface area (Å²) in [6, 6.07) is 13.4. The SMILES string of the molecule is COCCN(CC(=O)Nc1ccc(OC)cc1)S(=O)(=O)c1cccc2cnccc12. The second-order valence-electron chi connectivity index (χ2n) is 6.46. The Kier molecular flexibility index (Phi) is 6.99. The van der Waals surface area contributed by atoms with Crippen molar-refractivity contribution < 1.29 is 22.7 Å². The smallest absolute Gasteiger partial charge is 0.244 e. The lowest BCUT2D eigenvalue weighted by atomic mass is 10.2. The molecular weight excluding hydrogens is 406 g/mol. The van der Waals surface area contributed by atoms with E-state index < -0.39 is 15.9 Å². The number of ether oxygens (including phenoxy) is 2. The van der Waals surface area contributed by atoms with Crippen LogP contribution in [-0.2, 0) is 19.6 Å². The molecule has 158 valence electrons. The number of amides is 1. The molecule has 9 heteroatoms. The fraction of sp³-hybridized carbons (Fsp3) is 0.238. The van der Waals surface area contributed by atoms with Gasteiger partial charge in [0.25, 0.3) is 0 Å². The number of aromatic nitrogens is 1. The van der Waals surface area contributed by atoms with E-state index in [1.807, 2.05) is 0 Å². The first kappa shape index (κ1) is 21.7. The van der Waals surface area contributed by atoms with E-state index in [0.717, 1.165) is 4.31 Å². The Labute approximate surface area is 175 Å². The van der Waals surface area contributed by atoms with Crippen LogP contribution in [0.25, 0.3) is 10.8 Å². The van der Waals surface area contributed by atoms with Gasteiger partial charge < -0.3 is 14.8 Å². The van der Waals surface area contributed by atoms with Crippen LogP contribution in [0.15, 0.2) is 65.8 Å². The number of rotatable bonds is 9. The van der Waals surface area contributed by atoms with Crippen molar-refractivity contribution in [3.8, 4) is 5.75 Å². The van der Waals surface area contributed by atoms with Crippen molar-refractivity contribution in [1.82, 2.24) is 9.29 Å². The first-order chi connectivity index (χ1) is 14.5. The lowest BCUT2D eigenvalue weighted by Gasteiger charge is -2.22. The van der Waals surface area contributed by atoms with E-state index in [0.29, 0.717) is 22.2 Å². The van der Waals surface area contributed by atoms with Crippen LogP contribution in [0, 0.1) is 0 Å². The minimum absolute atomic E-state index is 0.0380. The van der Waals surface area contributed by atoms with Gasteiger partial charge in [-0.2, -0.15) is 4.31 Å². The molecule has 0 bridgehead atoms. The summed E-state index contributed by atoms with van der Waals surface area (Å²) in [6.45, 7) is -0.156.